The van der Waals surface area contributed by atoms with Gasteiger partial charge in [-0.2, -0.15) is 0 Å². The maximum atomic E-state index is 13.8. The Morgan fingerprint density at radius 1 is 1.00 bits per heavy atom. The van der Waals surface area contributed by atoms with E-state index in [-0.39, 0.29) is 16.8 Å². The highest BCUT2D eigenvalue weighted by Crippen LogP contribution is 2.25. The van der Waals surface area contributed by atoms with Gasteiger partial charge in [0.15, 0.2) is 0 Å². The Labute approximate surface area is 107 Å². The van der Waals surface area contributed by atoms with Gasteiger partial charge in [0.05, 0.1) is 5.69 Å². The summed E-state index contributed by atoms with van der Waals surface area (Å²) in [5, 5.41) is 0. The van der Waals surface area contributed by atoms with Crippen LogP contribution in [0.3, 0.4) is 0 Å². The van der Waals surface area contributed by atoms with Crippen molar-refractivity contribution in [2.75, 3.05) is 0 Å². The lowest BCUT2D eigenvalue weighted by atomic mass is 10.1. The first kappa shape index (κ1) is 11.8. The molecule has 1 aromatic carbocycles. The highest BCUT2D eigenvalue weighted by atomic mass is 19.1. The molecule has 0 N–H and O–H groups in total. The van der Waals surface area contributed by atoms with Gasteiger partial charge < -0.3 is 4.40 Å². The summed E-state index contributed by atoms with van der Waals surface area (Å²) in [6.45, 7) is 1.49. The number of benzene rings is 1. The van der Waals surface area contributed by atoms with E-state index >= 15 is 0 Å². The minimum atomic E-state index is -0.553. The zero-order valence-electron chi connectivity index (χ0n) is 9.99. The largest absolute Gasteiger partial charge is 0.304 e. The minimum absolute atomic E-state index is 0.0622. The highest BCUT2D eigenvalue weighted by molar-refractivity contribution is 5.63. The summed E-state index contributed by atoms with van der Waals surface area (Å²) in [6.07, 6.45) is 2.69. The summed E-state index contributed by atoms with van der Waals surface area (Å²) < 4.78 is 41.8. The molecule has 0 spiro atoms. The van der Waals surface area contributed by atoms with Crippen LogP contribution in [0.4, 0.5) is 13.2 Å². The fourth-order valence-electron chi connectivity index (χ4n) is 1.94. The molecule has 2 aromatic heterocycles. The van der Waals surface area contributed by atoms with Gasteiger partial charge in [-0.15, -0.1) is 0 Å². The summed E-state index contributed by atoms with van der Waals surface area (Å²) in [7, 11) is 0. The van der Waals surface area contributed by atoms with Crippen molar-refractivity contribution in [3.63, 3.8) is 0 Å². The van der Waals surface area contributed by atoms with Crippen LogP contribution in [0.25, 0.3) is 16.9 Å². The first-order chi connectivity index (χ1) is 9.04. The third kappa shape index (κ3) is 1.97. The topological polar surface area (TPSA) is 17.3 Å². The second-order valence-corrected chi connectivity index (χ2v) is 4.32. The molecule has 0 aliphatic heterocycles. The van der Waals surface area contributed by atoms with Crippen molar-refractivity contribution in [3.05, 3.63) is 59.7 Å². The molecule has 3 aromatic rings. The summed E-state index contributed by atoms with van der Waals surface area (Å²) in [5.74, 6) is -1.48. The molecule has 5 heteroatoms. The first-order valence-corrected chi connectivity index (χ1v) is 5.65. The van der Waals surface area contributed by atoms with E-state index in [4.69, 9.17) is 0 Å². The Bertz CT molecular complexity index is 778. The number of nitrogens with zero attached hydrogens (tertiary/aromatic N) is 2. The van der Waals surface area contributed by atoms with Crippen LogP contribution in [0.5, 0.6) is 0 Å². The summed E-state index contributed by atoms with van der Waals surface area (Å²) >= 11 is 0. The van der Waals surface area contributed by atoms with Gasteiger partial charge in [0.2, 0.25) is 0 Å². The lowest BCUT2D eigenvalue weighted by molar-refractivity contribution is 0.595. The van der Waals surface area contributed by atoms with Gasteiger partial charge in [-0.3, -0.25) is 0 Å². The predicted octanol–water partition coefficient (Wildman–Crippen LogP) is 3.73. The van der Waals surface area contributed by atoms with Crippen molar-refractivity contribution < 1.29 is 13.2 Å². The van der Waals surface area contributed by atoms with Crippen molar-refractivity contribution in [1.82, 2.24) is 9.38 Å². The Kier molecular flexibility index (Phi) is 2.55. The molecule has 19 heavy (non-hydrogen) atoms. The SMILES string of the molecule is Cc1cc(F)c(-c2cn3cc(F)ccc3n2)cc1F. The van der Waals surface area contributed by atoms with Crippen molar-refractivity contribution >= 4 is 5.65 Å². The number of hydrogen-bond donors (Lipinski definition) is 0. The molecule has 0 unspecified atom stereocenters. The number of pyridine rings is 1. The fourth-order valence-corrected chi connectivity index (χ4v) is 1.94. The van der Waals surface area contributed by atoms with Gasteiger partial charge in [0, 0.05) is 18.0 Å². The van der Waals surface area contributed by atoms with E-state index in [9.17, 15) is 13.2 Å². The van der Waals surface area contributed by atoms with E-state index < -0.39 is 17.5 Å². The van der Waals surface area contributed by atoms with Gasteiger partial charge in [-0.05, 0) is 36.8 Å². The monoisotopic (exact) mass is 262 g/mol. The van der Waals surface area contributed by atoms with Crippen LogP contribution in [-0.4, -0.2) is 9.38 Å². The van der Waals surface area contributed by atoms with Crippen molar-refractivity contribution in [1.29, 1.82) is 0 Å². The predicted molar refractivity (Wildman–Crippen MR) is 65.2 cm³/mol. The number of halogens is 3. The lowest BCUT2D eigenvalue weighted by Gasteiger charge is -2.02. The molecule has 2 nitrogen and oxygen atoms in total. The molecule has 0 atom stereocenters. The van der Waals surface area contributed by atoms with Crippen LogP contribution in [0, 0.1) is 24.4 Å². The molecule has 96 valence electrons. The van der Waals surface area contributed by atoms with E-state index in [1.54, 1.807) is 0 Å². The van der Waals surface area contributed by atoms with E-state index in [1.165, 1.54) is 35.9 Å². The Hall–Kier alpha value is -2.30. The highest BCUT2D eigenvalue weighted by Gasteiger charge is 2.12. The van der Waals surface area contributed by atoms with Gasteiger partial charge in [-0.25, -0.2) is 18.2 Å². The zero-order valence-corrected chi connectivity index (χ0v) is 9.99. The molecule has 0 bridgehead atoms. The second kappa shape index (κ2) is 4.12. The molecular weight excluding hydrogens is 253 g/mol. The van der Waals surface area contributed by atoms with Gasteiger partial charge in [0.1, 0.15) is 23.1 Å². The fraction of sp³-hybridized carbons (Fsp3) is 0.0714. The molecule has 0 amide bonds. The molecule has 0 aliphatic rings. The van der Waals surface area contributed by atoms with Crippen molar-refractivity contribution in [3.8, 4) is 11.3 Å². The van der Waals surface area contributed by atoms with Crippen LogP contribution >= 0.6 is 0 Å². The molecule has 0 fully saturated rings. The molecular formula is C14H9F3N2. The third-order valence-electron chi connectivity index (χ3n) is 2.94. The normalized spacial score (nSPS) is 11.2. The third-order valence-corrected chi connectivity index (χ3v) is 2.94. The van der Waals surface area contributed by atoms with Crippen LogP contribution < -0.4 is 0 Å². The van der Waals surface area contributed by atoms with E-state index in [0.717, 1.165) is 12.1 Å². The van der Waals surface area contributed by atoms with Crippen LogP contribution in [0.2, 0.25) is 0 Å². The number of hydrogen-bond acceptors (Lipinski definition) is 1. The first-order valence-electron chi connectivity index (χ1n) is 5.65. The molecule has 2 heterocycles. The van der Waals surface area contributed by atoms with Crippen LogP contribution in [0.15, 0.2) is 36.7 Å². The minimum Gasteiger partial charge on any atom is -0.304 e. The Balaban J connectivity index is 2.21. The van der Waals surface area contributed by atoms with Gasteiger partial charge in [-0.1, -0.05) is 0 Å². The number of fused-ring (bicyclic) bond motifs is 1. The molecule has 0 saturated heterocycles. The maximum absolute atomic E-state index is 13.8. The van der Waals surface area contributed by atoms with E-state index in [2.05, 4.69) is 4.98 Å². The van der Waals surface area contributed by atoms with Gasteiger partial charge in [0.25, 0.3) is 0 Å². The summed E-state index contributed by atoms with van der Waals surface area (Å²) in [5.41, 5.74) is 1.03. The Morgan fingerprint density at radius 3 is 2.58 bits per heavy atom. The summed E-state index contributed by atoms with van der Waals surface area (Å²) in [4.78, 5) is 4.15. The molecule has 3 rings (SSSR count). The number of rotatable bonds is 1. The van der Waals surface area contributed by atoms with Crippen LogP contribution in [-0.2, 0) is 0 Å². The Morgan fingerprint density at radius 2 is 1.79 bits per heavy atom. The maximum Gasteiger partial charge on any atom is 0.139 e. The quantitative estimate of drug-likeness (QED) is 0.653. The second-order valence-electron chi connectivity index (χ2n) is 4.32. The lowest BCUT2D eigenvalue weighted by Crippen LogP contribution is -1.90. The van der Waals surface area contributed by atoms with Crippen LogP contribution in [0.1, 0.15) is 5.56 Å². The molecule has 0 saturated carbocycles. The summed E-state index contributed by atoms with van der Waals surface area (Å²) in [6, 6.07) is 4.96. The molecule has 0 radical (unpaired) electrons. The average Bonchev–Trinajstić information content (AvgIpc) is 2.76. The number of aryl methyl sites for hydroxylation is 1. The number of aromatic nitrogens is 2. The number of imidazole rings is 1. The standard InChI is InChI=1S/C14H9F3N2/c1-8-4-12(17)10(5-11(8)16)13-7-19-6-9(15)2-3-14(19)18-13/h2-7H,1H3. The van der Waals surface area contributed by atoms with Gasteiger partial charge >= 0.3 is 0 Å². The van der Waals surface area contributed by atoms with E-state index in [0.29, 0.717) is 5.65 Å². The smallest absolute Gasteiger partial charge is 0.139 e. The van der Waals surface area contributed by atoms with Crippen molar-refractivity contribution in [2.24, 2.45) is 0 Å². The average molecular weight is 262 g/mol. The zero-order chi connectivity index (χ0) is 13.6. The van der Waals surface area contributed by atoms with E-state index in [1.807, 2.05) is 0 Å². The molecule has 0 aliphatic carbocycles. The van der Waals surface area contributed by atoms with Crippen molar-refractivity contribution in [2.45, 2.75) is 6.92 Å².